The van der Waals surface area contributed by atoms with Crippen molar-refractivity contribution in [3.8, 4) is 16.9 Å². The predicted octanol–water partition coefficient (Wildman–Crippen LogP) is 4.36. The van der Waals surface area contributed by atoms with Crippen molar-refractivity contribution in [1.82, 2.24) is 0 Å². The van der Waals surface area contributed by atoms with Crippen LogP contribution in [0.5, 0.6) is 5.75 Å². The van der Waals surface area contributed by atoms with Crippen molar-refractivity contribution in [2.75, 3.05) is 0 Å². The van der Waals surface area contributed by atoms with Gasteiger partial charge in [0.25, 0.3) is 0 Å². The Kier molecular flexibility index (Phi) is 4.87. The molecule has 4 aromatic rings. The van der Waals surface area contributed by atoms with Crippen molar-refractivity contribution in [2.45, 2.75) is 19.6 Å². The molecule has 0 radical (unpaired) electrons. The first-order chi connectivity index (χ1) is 13.6. The van der Waals surface area contributed by atoms with Gasteiger partial charge in [0.1, 0.15) is 23.7 Å². The highest BCUT2D eigenvalue weighted by Gasteiger charge is 2.13. The maximum atomic E-state index is 11.1. The van der Waals surface area contributed by atoms with E-state index in [1.807, 2.05) is 30.3 Å². The highest BCUT2D eigenvalue weighted by Crippen LogP contribution is 2.33. The lowest BCUT2D eigenvalue weighted by molar-refractivity contribution is -0.136. The Labute approximate surface area is 161 Å². The minimum absolute atomic E-state index is 0.0843. The van der Waals surface area contributed by atoms with E-state index < -0.39 is 5.97 Å². The molecular formula is C22H19NO5. The van der Waals surface area contributed by atoms with Gasteiger partial charge >= 0.3 is 5.97 Å². The normalized spacial score (nSPS) is 11.0. The van der Waals surface area contributed by atoms with Crippen molar-refractivity contribution in [2.24, 2.45) is 5.73 Å². The Hall–Kier alpha value is -3.51. The zero-order valence-electron chi connectivity index (χ0n) is 15.1. The largest absolute Gasteiger partial charge is 0.489 e. The number of hydrogen-bond donors (Lipinski definition) is 2. The summed E-state index contributed by atoms with van der Waals surface area (Å²) < 4.78 is 17.0. The van der Waals surface area contributed by atoms with Crippen LogP contribution in [0, 0.1) is 0 Å². The number of carboxylic acids is 1. The standard InChI is InChI=1S/C22H19NO5/c23-11-18-9-17(13-27-18)19-8-14(7-16-5-6-26-22(16)19)12-28-20-4-2-1-3-15(20)10-21(24)25/h1-9,13H,10-12,23H2,(H,24,25). The molecule has 0 saturated carbocycles. The molecule has 0 atom stereocenters. The van der Waals surface area contributed by atoms with E-state index in [-0.39, 0.29) is 6.42 Å². The zero-order valence-corrected chi connectivity index (χ0v) is 15.1. The molecule has 28 heavy (non-hydrogen) atoms. The van der Waals surface area contributed by atoms with E-state index in [1.54, 1.807) is 30.7 Å². The number of aliphatic carboxylic acids is 1. The monoisotopic (exact) mass is 377 g/mol. The van der Waals surface area contributed by atoms with Crippen LogP contribution in [0.1, 0.15) is 16.9 Å². The maximum absolute atomic E-state index is 11.1. The summed E-state index contributed by atoms with van der Waals surface area (Å²) in [5.74, 6) is 0.361. The smallest absolute Gasteiger partial charge is 0.307 e. The van der Waals surface area contributed by atoms with E-state index in [2.05, 4.69) is 0 Å². The Morgan fingerprint density at radius 3 is 2.75 bits per heavy atom. The molecule has 0 aliphatic heterocycles. The molecule has 0 fully saturated rings. The predicted molar refractivity (Wildman–Crippen MR) is 104 cm³/mol. The van der Waals surface area contributed by atoms with Crippen molar-refractivity contribution in [3.05, 3.63) is 77.9 Å². The summed E-state index contributed by atoms with van der Waals surface area (Å²) in [5.41, 5.74) is 9.76. The SMILES string of the molecule is NCc1cc(-c2cc(COc3ccccc3CC(=O)O)cc3ccoc23)co1. The van der Waals surface area contributed by atoms with Crippen molar-refractivity contribution in [3.63, 3.8) is 0 Å². The van der Waals surface area contributed by atoms with E-state index in [9.17, 15) is 4.79 Å². The molecule has 0 saturated heterocycles. The maximum Gasteiger partial charge on any atom is 0.307 e. The van der Waals surface area contributed by atoms with Gasteiger partial charge in [-0.15, -0.1) is 0 Å². The molecule has 6 heteroatoms. The molecule has 3 N–H and O–H groups in total. The van der Waals surface area contributed by atoms with E-state index in [1.165, 1.54) is 0 Å². The summed E-state index contributed by atoms with van der Waals surface area (Å²) in [6.45, 7) is 0.622. The van der Waals surface area contributed by atoms with Crippen molar-refractivity contribution in [1.29, 1.82) is 0 Å². The summed E-state index contributed by atoms with van der Waals surface area (Å²) >= 11 is 0. The molecule has 2 heterocycles. The summed E-state index contributed by atoms with van der Waals surface area (Å²) in [6.07, 6.45) is 3.22. The second-order valence-electron chi connectivity index (χ2n) is 6.46. The second-order valence-corrected chi connectivity index (χ2v) is 6.46. The van der Waals surface area contributed by atoms with E-state index >= 15 is 0 Å². The van der Waals surface area contributed by atoms with Crippen molar-refractivity contribution >= 4 is 16.9 Å². The van der Waals surface area contributed by atoms with Crippen LogP contribution in [0.4, 0.5) is 0 Å². The summed E-state index contributed by atoms with van der Waals surface area (Å²) in [7, 11) is 0. The van der Waals surface area contributed by atoms with Crippen LogP contribution >= 0.6 is 0 Å². The first-order valence-electron chi connectivity index (χ1n) is 8.84. The first kappa shape index (κ1) is 17.9. The number of carbonyl (C=O) groups is 1. The number of carboxylic acid groups (broad SMARTS) is 1. The van der Waals surface area contributed by atoms with Crippen LogP contribution in [0.2, 0.25) is 0 Å². The number of rotatable bonds is 7. The van der Waals surface area contributed by atoms with Crippen molar-refractivity contribution < 1.29 is 23.5 Å². The lowest BCUT2D eigenvalue weighted by atomic mass is 10.0. The van der Waals surface area contributed by atoms with E-state index in [0.717, 1.165) is 27.7 Å². The number of nitrogens with two attached hydrogens (primary N) is 1. The average molecular weight is 377 g/mol. The van der Waals surface area contributed by atoms with Gasteiger partial charge in [-0.05, 0) is 35.9 Å². The summed E-state index contributed by atoms with van der Waals surface area (Å²) in [4.78, 5) is 11.1. The molecule has 0 amide bonds. The van der Waals surface area contributed by atoms with Gasteiger partial charge < -0.3 is 24.4 Å². The van der Waals surface area contributed by atoms with Gasteiger partial charge in [0.15, 0.2) is 0 Å². The Morgan fingerprint density at radius 1 is 1.11 bits per heavy atom. The molecular weight excluding hydrogens is 358 g/mol. The van der Waals surface area contributed by atoms with Gasteiger partial charge in [-0.1, -0.05) is 18.2 Å². The van der Waals surface area contributed by atoms with Gasteiger partial charge in [0.2, 0.25) is 0 Å². The topological polar surface area (TPSA) is 98.8 Å². The highest BCUT2D eigenvalue weighted by atomic mass is 16.5. The third-order valence-electron chi connectivity index (χ3n) is 4.49. The van der Waals surface area contributed by atoms with Crippen LogP contribution in [-0.2, 0) is 24.4 Å². The first-order valence-corrected chi connectivity index (χ1v) is 8.84. The molecule has 2 aromatic carbocycles. The summed E-state index contributed by atoms with van der Waals surface area (Å²) in [6, 6.07) is 14.9. The van der Waals surface area contributed by atoms with Gasteiger partial charge in [-0.3, -0.25) is 4.79 Å². The van der Waals surface area contributed by atoms with Gasteiger partial charge in [-0.25, -0.2) is 0 Å². The molecule has 2 aromatic heterocycles. The van der Waals surface area contributed by atoms with Crippen LogP contribution in [-0.4, -0.2) is 11.1 Å². The quantitative estimate of drug-likeness (QED) is 0.496. The lowest BCUT2D eigenvalue weighted by Gasteiger charge is -2.11. The molecule has 4 rings (SSSR count). The minimum Gasteiger partial charge on any atom is -0.489 e. The fourth-order valence-electron chi connectivity index (χ4n) is 3.19. The zero-order chi connectivity index (χ0) is 19.5. The highest BCUT2D eigenvalue weighted by molar-refractivity contribution is 5.93. The number of hydrogen-bond acceptors (Lipinski definition) is 5. The second kappa shape index (κ2) is 7.62. The number of fused-ring (bicyclic) bond motifs is 1. The fourth-order valence-corrected chi connectivity index (χ4v) is 3.19. The van der Waals surface area contributed by atoms with E-state index in [0.29, 0.717) is 30.2 Å². The van der Waals surface area contributed by atoms with Gasteiger partial charge in [0.05, 0.1) is 25.5 Å². The number of benzene rings is 2. The molecule has 6 nitrogen and oxygen atoms in total. The molecule has 142 valence electrons. The molecule has 0 spiro atoms. The fraction of sp³-hybridized carbons (Fsp3) is 0.136. The lowest BCUT2D eigenvalue weighted by Crippen LogP contribution is -2.04. The Balaban J connectivity index is 1.64. The number of furan rings is 2. The van der Waals surface area contributed by atoms with Crippen LogP contribution in [0.15, 0.2) is 69.9 Å². The average Bonchev–Trinajstić information content (AvgIpc) is 3.35. The molecule has 0 aliphatic rings. The third-order valence-corrected chi connectivity index (χ3v) is 4.49. The molecule has 0 unspecified atom stereocenters. The van der Waals surface area contributed by atoms with E-state index in [4.69, 9.17) is 24.4 Å². The Morgan fingerprint density at radius 2 is 1.96 bits per heavy atom. The van der Waals surface area contributed by atoms with Crippen LogP contribution < -0.4 is 10.5 Å². The number of para-hydroxylation sites is 1. The van der Waals surface area contributed by atoms with Gasteiger partial charge in [-0.2, -0.15) is 0 Å². The molecule has 0 bridgehead atoms. The van der Waals surface area contributed by atoms with Crippen LogP contribution in [0.3, 0.4) is 0 Å². The summed E-state index contributed by atoms with van der Waals surface area (Å²) in [5, 5.41) is 10.0. The Bertz CT molecular complexity index is 1120. The minimum atomic E-state index is -0.895. The number of ether oxygens (including phenoxy) is 1. The third kappa shape index (κ3) is 3.63. The van der Waals surface area contributed by atoms with Crippen LogP contribution in [0.25, 0.3) is 22.1 Å². The molecule has 0 aliphatic carbocycles. The van der Waals surface area contributed by atoms with Gasteiger partial charge in [0, 0.05) is 22.1 Å².